The summed E-state index contributed by atoms with van der Waals surface area (Å²) in [5, 5.41) is 12.1. The Kier molecular flexibility index (Phi) is 6.26. The van der Waals surface area contributed by atoms with Gasteiger partial charge < -0.3 is 9.88 Å². The van der Waals surface area contributed by atoms with Crippen LogP contribution in [0.15, 0.2) is 53.7 Å². The van der Waals surface area contributed by atoms with Crippen molar-refractivity contribution in [1.29, 1.82) is 0 Å². The highest BCUT2D eigenvalue weighted by atomic mass is 32.2. The summed E-state index contributed by atoms with van der Waals surface area (Å²) < 4.78 is 2.00. The molecule has 1 amide bonds. The first-order chi connectivity index (χ1) is 13.5. The lowest BCUT2D eigenvalue weighted by Crippen LogP contribution is -2.16. The Balaban J connectivity index is 1.73. The highest BCUT2D eigenvalue weighted by molar-refractivity contribution is 7.99. The highest BCUT2D eigenvalue weighted by Crippen LogP contribution is 2.26. The van der Waals surface area contributed by atoms with Crippen LogP contribution in [-0.4, -0.2) is 32.2 Å². The van der Waals surface area contributed by atoms with Gasteiger partial charge in [-0.3, -0.25) is 9.59 Å². The lowest BCUT2D eigenvalue weighted by atomic mass is 10.1. The van der Waals surface area contributed by atoms with Gasteiger partial charge in [-0.25, -0.2) is 0 Å². The molecular weight excluding hydrogens is 372 g/mol. The normalized spacial score (nSPS) is 10.7. The highest BCUT2D eigenvalue weighted by Gasteiger charge is 2.16. The number of amides is 1. The number of carbonyl (C=O) groups is 2. The van der Waals surface area contributed by atoms with Crippen LogP contribution in [0.3, 0.4) is 0 Å². The number of nitrogens with zero attached hydrogens (tertiary/aromatic N) is 3. The van der Waals surface area contributed by atoms with Crippen LogP contribution in [0, 0.1) is 6.92 Å². The number of anilines is 1. The molecule has 0 saturated carbocycles. The summed E-state index contributed by atoms with van der Waals surface area (Å²) in [5.41, 5.74) is 3.18. The number of rotatable bonds is 7. The molecule has 0 bridgehead atoms. The van der Waals surface area contributed by atoms with E-state index in [9.17, 15) is 9.59 Å². The second-order valence-corrected chi connectivity index (χ2v) is 7.25. The van der Waals surface area contributed by atoms with E-state index in [2.05, 4.69) is 15.5 Å². The summed E-state index contributed by atoms with van der Waals surface area (Å²) in [4.78, 5) is 24.1. The Morgan fingerprint density at radius 2 is 1.79 bits per heavy atom. The van der Waals surface area contributed by atoms with Crippen LogP contribution in [0.1, 0.15) is 29.8 Å². The summed E-state index contributed by atoms with van der Waals surface area (Å²) in [6.07, 6.45) is 0. The molecule has 0 aliphatic carbocycles. The molecule has 0 fully saturated rings. The van der Waals surface area contributed by atoms with E-state index in [1.54, 1.807) is 24.3 Å². The van der Waals surface area contributed by atoms with Crippen molar-refractivity contribution in [2.75, 3.05) is 11.1 Å². The van der Waals surface area contributed by atoms with Gasteiger partial charge in [0.2, 0.25) is 5.91 Å². The Hall–Kier alpha value is -2.93. The molecule has 1 heterocycles. The van der Waals surface area contributed by atoms with Crippen molar-refractivity contribution >= 4 is 29.1 Å². The van der Waals surface area contributed by atoms with E-state index in [4.69, 9.17) is 0 Å². The zero-order chi connectivity index (χ0) is 20.1. The first-order valence-corrected chi connectivity index (χ1v) is 10.0. The number of benzene rings is 2. The molecule has 0 spiro atoms. The van der Waals surface area contributed by atoms with Crippen LogP contribution in [0.4, 0.5) is 5.69 Å². The zero-order valence-corrected chi connectivity index (χ0v) is 16.9. The van der Waals surface area contributed by atoms with E-state index in [1.807, 2.05) is 42.7 Å². The zero-order valence-electron chi connectivity index (χ0n) is 16.1. The van der Waals surface area contributed by atoms with Crippen LogP contribution in [-0.2, 0) is 11.3 Å². The predicted molar refractivity (Wildman–Crippen MR) is 112 cm³/mol. The number of hydrogen-bond donors (Lipinski definition) is 1. The molecule has 6 nitrogen and oxygen atoms in total. The van der Waals surface area contributed by atoms with Gasteiger partial charge in [0.15, 0.2) is 16.8 Å². The minimum atomic E-state index is -0.193. The molecule has 28 heavy (non-hydrogen) atoms. The number of para-hydroxylation sites is 1. The molecular formula is C21H22N4O2S. The minimum absolute atomic E-state index is 0.0860. The number of aromatic nitrogens is 3. The van der Waals surface area contributed by atoms with E-state index in [0.29, 0.717) is 23.0 Å². The standard InChI is InChI=1S/C21H22N4O2S/c1-4-25-20(16-10-6-5-9-14(16)2)23-24-21(25)28-13-19(27)22-18-12-8-7-11-17(18)15(3)26/h5-12H,4,13H2,1-3H3,(H,22,27). The Morgan fingerprint density at radius 3 is 2.50 bits per heavy atom. The van der Waals surface area contributed by atoms with Crippen molar-refractivity contribution in [2.24, 2.45) is 0 Å². The van der Waals surface area contributed by atoms with Crippen molar-refractivity contribution < 1.29 is 9.59 Å². The summed E-state index contributed by atoms with van der Waals surface area (Å²) in [6.45, 7) is 6.25. The fraction of sp³-hybridized carbons (Fsp3) is 0.238. The molecule has 1 aromatic heterocycles. The molecule has 7 heteroatoms. The third-order valence-electron chi connectivity index (χ3n) is 4.33. The molecule has 3 rings (SSSR count). The Bertz CT molecular complexity index is 1010. The largest absolute Gasteiger partial charge is 0.325 e. The fourth-order valence-corrected chi connectivity index (χ4v) is 3.72. The van der Waals surface area contributed by atoms with Crippen LogP contribution < -0.4 is 5.32 Å². The van der Waals surface area contributed by atoms with Crippen LogP contribution in [0.2, 0.25) is 0 Å². The molecule has 2 aromatic carbocycles. The molecule has 0 aliphatic heterocycles. The van der Waals surface area contributed by atoms with Crippen LogP contribution in [0.25, 0.3) is 11.4 Å². The SMILES string of the molecule is CCn1c(SCC(=O)Nc2ccccc2C(C)=O)nnc1-c1ccccc1C. The maximum atomic E-state index is 12.4. The molecule has 0 saturated heterocycles. The van der Waals surface area contributed by atoms with Gasteiger partial charge in [0, 0.05) is 17.7 Å². The van der Waals surface area contributed by atoms with Crippen molar-refractivity contribution in [3.63, 3.8) is 0 Å². The lowest BCUT2D eigenvalue weighted by molar-refractivity contribution is -0.113. The average Bonchev–Trinajstić information content (AvgIpc) is 3.09. The molecule has 3 aromatic rings. The topological polar surface area (TPSA) is 76.9 Å². The summed E-state index contributed by atoms with van der Waals surface area (Å²) in [6, 6.07) is 15.0. The number of ketones is 1. The summed E-state index contributed by atoms with van der Waals surface area (Å²) in [7, 11) is 0. The maximum Gasteiger partial charge on any atom is 0.234 e. The number of thioether (sulfide) groups is 1. The Labute approximate surface area is 168 Å². The Morgan fingerprint density at radius 1 is 1.07 bits per heavy atom. The molecule has 144 valence electrons. The molecule has 0 aliphatic rings. The van der Waals surface area contributed by atoms with Crippen molar-refractivity contribution in [2.45, 2.75) is 32.5 Å². The van der Waals surface area contributed by atoms with Crippen LogP contribution in [0.5, 0.6) is 0 Å². The van der Waals surface area contributed by atoms with Gasteiger partial charge in [-0.2, -0.15) is 0 Å². The number of Topliss-reactive ketones (excluding diaryl/α,β-unsaturated/α-hetero) is 1. The van der Waals surface area contributed by atoms with Gasteiger partial charge in [0.05, 0.1) is 11.4 Å². The minimum Gasteiger partial charge on any atom is -0.325 e. The van der Waals surface area contributed by atoms with Gasteiger partial charge in [-0.05, 0) is 38.5 Å². The van der Waals surface area contributed by atoms with E-state index in [0.717, 1.165) is 17.0 Å². The second-order valence-electron chi connectivity index (χ2n) is 6.30. The second kappa shape index (κ2) is 8.84. The van der Waals surface area contributed by atoms with E-state index in [1.165, 1.54) is 18.7 Å². The number of carbonyl (C=O) groups excluding carboxylic acids is 2. The van der Waals surface area contributed by atoms with E-state index in [-0.39, 0.29) is 17.4 Å². The number of nitrogens with one attached hydrogen (secondary N) is 1. The van der Waals surface area contributed by atoms with Crippen molar-refractivity contribution in [3.8, 4) is 11.4 Å². The van der Waals surface area contributed by atoms with Crippen molar-refractivity contribution in [3.05, 3.63) is 59.7 Å². The molecule has 0 radical (unpaired) electrons. The first kappa shape index (κ1) is 19.8. The van der Waals surface area contributed by atoms with Gasteiger partial charge in [-0.15, -0.1) is 10.2 Å². The number of hydrogen-bond acceptors (Lipinski definition) is 5. The van der Waals surface area contributed by atoms with E-state index < -0.39 is 0 Å². The summed E-state index contributed by atoms with van der Waals surface area (Å²) >= 11 is 1.33. The molecule has 0 unspecified atom stereocenters. The van der Waals surface area contributed by atoms with Gasteiger partial charge in [-0.1, -0.05) is 48.2 Å². The van der Waals surface area contributed by atoms with Crippen molar-refractivity contribution in [1.82, 2.24) is 14.8 Å². The van der Waals surface area contributed by atoms with Gasteiger partial charge in [0.25, 0.3) is 0 Å². The fourth-order valence-electron chi connectivity index (χ4n) is 2.92. The van der Waals surface area contributed by atoms with Gasteiger partial charge >= 0.3 is 0 Å². The number of aryl methyl sites for hydroxylation is 1. The van der Waals surface area contributed by atoms with Crippen LogP contribution >= 0.6 is 11.8 Å². The van der Waals surface area contributed by atoms with Gasteiger partial charge in [0.1, 0.15) is 0 Å². The average molecular weight is 395 g/mol. The molecule has 1 N–H and O–H groups in total. The third-order valence-corrected chi connectivity index (χ3v) is 5.30. The third kappa shape index (κ3) is 4.31. The lowest BCUT2D eigenvalue weighted by Gasteiger charge is -2.10. The molecule has 0 atom stereocenters. The summed E-state index contributed by atoms with van der Waals surface area (Å²) in [5.74, 6) is 0.697. The smallest absolute Gasteiger partial charge is 0.234 e. The predicted octanol–water partition coefficient (Wildman–Crippen LogP) is 4.21. The first-order valence-electron chi connectivity index (χ1n) is 9.03. The quantitative estimate of drug-likeness (QED) is 0.480. The monoisotopic (exact) mass is 394 g/mol. The van der Waals surface area contributed by atoms with E-state index >= 15 is 0 Å². The maximum absolute atomic E-state index is 12.4.